The molecule has 0 unspecified atom stereocenters. The molecule has 4 heterocycles. The van der Waals surface area contributed by atoms with Crippen molar-refractivity contribution in [3.8, 4) is 11.3 Å². The van der Waals surface area contributed by atoms with Gasteiger partial charge in [0.05, 0.1) is 17.8 Å². The average Bonchev–Trinajstić information content (AvgIpc) is 2.85. The molecule has 0 saturated carbocycles. The predicted molar refractivity (Wildman–Crippen MR) is 121 cm³/mol. The second kappa shape index (κ2) is 9.10. The number of piperidine rings is 2. The van der Waals surface area contributed by atoms with E-state index in [9.17, 15) is 4.79 Å². The van der Waals surface area contributed by atoms with Crippen LogP contribution in [-0.4, -0.2) is 63.1 Å². The van der Waals surface area contributed by atoms with Crippen molar-refractivity contribution in [1.29, 1.82) is 0 Å². The summed E-state index contributed by atoms with van der Waals surface area (Å²) in [5, 5.41) is 10.3. The molecule has 0 atom stereocenters. The lowest BCUT2D eigenvalue weighted by Gasteiger charge is -2.40. The molecule has 2 aliphatic rings. The van der Waals surface area contributed by atoms with Crippen LogP contribution in [0.1, 0.15) is 37.8 Å². The molecule has 0 radical (unpaired) electrons. The van der Waals surface area contributed by atoms with Crippen LogP contribution >= 0.6 is 0 Å². The summed E-state index contributed by atoms with van der Waals surface area (Å²) in [6.07, 6.45) is 10.1. The Morgan fingerprint density at radius 3 is 2.58 bits per heavy atom. The fourth-order valence-electron chi connectivity index (χ4n) is 4.93. The van der Waals surface area contributed by atoms with E-state index >= 15 is 0 Å². The van der Waals surface area contributed by atoms with Crippen LogP contribution in [0, 0.1) is 0 Å². The molecule has 2 aliphatic heterocycles. The number of carbonyl (C=O) groups excluding carboxylic acids is 1. The summed E-state index contributed by atoms with van der Waals surface area (Å²) in [6, 6.07) is 12.7. The maximum atomic E-state index is 12.9. The standard InChI is InChI=1S/C25H29N5O/c31-25(30-13-8-23(9-14-30)29-11-2-1-3-12-29)17-22-16-21-15-19(6-7-20(21)18-26-22)24-5-4-10-27-28-24/h4-7,10,15-16,18,23H,1-3,8-9,11-14,17H2. The van der Waals surface area contributed by atoms with Crippen molar-refractivity contribution in [2.45, 2.75) is 44.6 Å². The highest BCUT2D eigenvalue weighted by atomic mass is 16.2. The lowest BCUT2D eigenvalue weighted by molar-refractivity contribution is -0.132. The van der Waals surface area contributed by atoms with E-state index in [0.29, 0.717) is 12.5 Å². The quantitative estimate of drug-likeness (QED) is 0.650. The number of likely N-dealkylation sites (tertiary alicyclic amines) is 2. The lowest BCUT2D eigenvalue weighted by Crippen LogP contribution is -2.48. The van der Waals surface area contributed by atoms with E-state index in [2.05, 4.69) is 26.1 Å². The first-order valence-corrected chi connectivity index (χ1v) is 11.4. The van der Waals surface area contributed by atoms with Gasteiger partial charge in [0.25, 0.3) is 0 Å². The number of amides is 1. The van der Waals surface area contributed by atoms with Crippen molar-refractivity contribution < 1.29 is 4.79 Å². The van der Waals surface area contributed by atoms with E-state index in [1.165, 1.54) is 32.4 Å². The second-order valence-electron chi connectivity index (χ2n) is 8.73. The molecular weight excluding hydrogens is 386 g/mol. The monoisotopic (exact) mass is 415 g/mol. The first-order chi connectivity index (χ1) is 15.3. The molecule has 0 aliphatic carbocycles. The van der Waals surface area contributed by atoms with Crippen LogP contribution in [0.5, 0.6) is 0 Å². The zero-order valence-corrected chi connectivity index (χ0v) is 17.9. The number of hydrogen-bond acceptors (Lipinski definition) is 5. The van der Waals surface area contributed by atoms with Gasteiger partial charge in [0.1, 0.15) is 0 Å². The molecule has 0 N–H and O–H groups in total. The van der Waals surface area contributed by atoms with Crippen LogP contribution in [0.2, 0.25) is 0 Å². The Labute approximate surface area is 183 Å². The Kier molecular flexibility index (Phi) is 5.89. The molecule has 6 nitrogen and oxygen atoms in total. The Balaban J connectivity index is 1.24. The summed E-state index contributed by atoms with van der Waals surface area (Å²) < 4.78 is 0. The highest BCUT2D eigenvalue weighted by Crippen LogP contribution is 2.24. The zero-order chi connectivity index (χ0) is 21.0. The van der Waals surface area contributed by atoms with Gasteiger partial charge in [-0.2, -0.15) is 10.2 Å². The van der Waals surface area contributed by atoms with Gasteiger partial charge in [-0.05, 0) is 68.4 Å². The van der Waals surface area contributed by atoms with Crippen LogP contribution in [0.4, 0.5) is 0 Å². The Morgan fingerprint density at radius 1 is 0.968 bits per heavy atom. The third kappa shape index (κ3) is 4.59. The normalized spacial score (nSPS) is 18.4. The number of rotatable bonds is 4. The summed E-state index contributed by atoms with van der Waals surface area (Å²) >= 11 is 0. The van der Waals surface area contributed by atoms with E-state index in [0.717, 1.165) is 53.7 Å². The molecule has 2 fully saturated rings. The van der Waals surface area contributed by atoms with Crippen molar-refractivity contribution in [3.05, 3.63) is 54.5 Å². The van der Waals surface area contributed by atoms with Gasteiger partial charge >= 0.3 is 0 Å². The largest absolute Gasteiger partial charge is 0.342 e. The molecule has 5 rings (SSSR count). The number of aromatic nitrogens is 3. The smallest absolute Gasteiger partial charge is 0.228 e. The number of benzene rings is 1. The van der Waals surface area contributed by atoms with Crippen LogP contribution < -0.4 is 0 Å². The zero-order valence-electron chi connectivity index (χ0n) is 17.9. The van der Waals surface area contributed by atoms with Crippen molar-refractivity contribution in [1.82, 2.24) is 25.0 Å². The summed E-state index contributed by atoms with van der Waals surface area (Å²) in [6.45, 7) is 4.20. The first-order valence-electron chi connectivity index (χ1n) is 11.4. The summed E-state index contributed by atoms with van der Waals surface area (Å²) in [5.74, 6) is 0.189. The molecule has 2 aromatic heterocycles. The molecule has 2 saturated heterocycles. The molecule has 31 heavy (non-hydrogen) atoms. The van der Waals surface area contributed by atoms with Gasteiger partial charge in [0, 0.05) is 42.5 Å². The van der Waals surface area contributed by atoms with Gasteiger partial charge in [-0.15, -0.1) is 0 Å². The lowest BCUT2D eigenvalue weighted by atomic mass is 9.99. The van der Waals surface area contributed by atoms with Gasteiger partial charge in [-0.1, -0.05) is 18.6 Å². The van der Waals surface area contributed by atoms with Gasteiger partial charge in [-0.25, -0.2) is 0 Å². The summed E-state index contributed by atoms with van der Waals surface area (Å²) in [4.78, 5) is 22.2. The second-order valence-corrected chi connectivity index (χ2v) is 8.73. The van der Waals surface area contributed by atoms with Crippen molar-refractivity contribution in [2.75, 3.05) is 26.2 Å². The number of pyridine rings is 1. The van der Waals surface area contributed by atoms with Gasteiger partial charge in [-0.3, -0.25) is 9.78 Å². The van der Waals surface area contributed by atoms with E-state index in [1.807, 2.05) is 41.4 Å². The third-order valence-corrected chi connectivity index (χ3v) is 6.70. The van der Waals surface area contributed by atoms with E-state index in [4.69, 9.17) is 0 Å². The molecular formula is C25H29N5O. The topological polar surface area (TPSA) is 62.2 Å². The number of hydrogen-bond donors (Lipinski definition) is 0. The van der Waals surface area contributed by atoms with Crippen LogP contribution in [0.3, 0.4) is 0 Å². The number of nitrogens with zero attached hydrogens (tertiary/aromatic N) is 5. The molecule has 6 heteroatoms. The van der Waals surface area contributed by atoms with E-state index in [1.54, 1.807) is 6.20 Å². The fraction of sp³-hybridized carbons (Fsp3) is 0.440. The molecule has 1 amide bonds. The third-order valence-electron chi connectivity index (χ3n) is 6.70. The number of fused-ring (bicyclic) bond motifs is 1. The number of carbonyl (C=O) groups is 1. The fourth-order valence-corrected chi connectivity index (χ4v) is 4.93. The minimum atomic E-state index is 0.189. The van der Waals surface area contributed by atoms with Crippen molar-refractivity contribution >= 4 is 16.7 Å². The Morgan fingerprint density at radius 2 is 1.81 bits per heavy atom. The van der Waals surface area contributed by atoms with E-state index < -0.39 is 0 Å². The molecule has 0 bridgehead atoms. The molecule has 3 aromatic rings. The maximum Gasteiger partial charge on any atom is 0.228 e. The van der Waals surface area contributed by atoms with Crippen LogP contribution in [0.15, 0.2) is 48.8 Å². The SMILES string of the molecule is O=C(Cc1cc2cc(-c3cccnn3)ccc2cn1)N1CCC(N2CCCCC2)CC1. The van der Waals surface area contributed by atoms with Crippen molar-refractivity contribution in [2.24, 2.45) is 0 Å². The van der Waals surface area contributed by atoms with Crippen LogP contribution in [0.25, 0.3) is 22.0 Å². The Hall–Kier alpha value is -2.86. The van der Waals surface area contributed by atoms with Crippen molar-refractivity contribution in [3.63, 3.8) is 0 Å². The minimum Gasteiger partial charge on any atom is -0.342 e. The highest BCUT2D eigenvalue weighted by Gasteiger charge is 2.27. The van der Waals surface area contributed by atoms with Gasteiger partial charge in [0.2, 0.25) is 5.91 Å². The van der Waals surface area contributed by atoms with Crippen LogP contribution in [-0.2, 0) is 11.2 Å². The summed E-state index contributed by atoms with van der Waals surface area (Å²) in [7, 11) is 0. The maximum absolute atomic E-state index is 12.9. The average molecular weight is 416 g/mol. The molecule has 160 valence electrons. The van der Waals surface area contributed by atoms with Gasteiger partial charge in [0.15, 0.2) is 0 Å². The van der Waals surface area contributed by atoms with E-state index in [-0.39, 0.29) is 5.91 Å². The Bertz CT molecular complexity index is 1040. The first kappa shape index (κ1) is 20.1. The predicted octanol–water partition coefficient (Wildman–Crippen LogP) is 3.71. The highest BCUT2D eigenvalue weighted by molar-refractivity contribution is 5.87. The van der Waals surface area contributed by atoms with Gasteiger partial charge < -0.3 is 9.80 Å². The summed E-state index contributed by atoms with van der Waals surface area (Å²) in [5.41, 5.74) is 2.69. The molecule has 1 aromatic carbocycles. The molecule has 0 spiro atoms. The minimum absolute atomic E-state index is 0.189.